The number of hydrogen-bond acceptors (Lipinski definition) is 28. The van der Waals surface area contributed by atoms with Crippen molar-refractivity contribution in [3.8, 4) is 0 Å². The van der Waals surface area contributed by atoms with Crippen molar-refractivity contribution < 1.29 is 95.1 Å². The second-order valence-corrected chi connectivity index (χ2v) is 26.6. The molecule has 30 heteroatoms. The summed E-state index contributed by atoms with van der Waals surface area (Å²) in [4.78, 5) is 101. The van der Waals surface area contributed by atoms with Crippen LogP contribution in [0.5, 0.6) is 0 Å². The molecule has 2 unspecified atom stereocenters. The lowest BCUT2D eigenvalue weighted by molar-refractivity contribution is -0.191. The number of aryl methyl sites for hydroxylation is 1. The molecule has 2 amide bonds. The molecule has 30 nitrogen and oxygen atoms in total. The smallest absolute Gasteiger partial charge is 0.412 e. The summed E-state index contributed by atoms with van der Waals surface area (Å²) < 4.78 is 71.3. The lowest BCUT2D eigenvalue weighted by Gasteiger charge is -2.32. The number of esters is 3. The maximum Gasteiger partial charge on any atom is 0.412 e. The number of carbonyl (C=O) groups excluding carboxylic acids is 7. The molecule has 2 aromatic carbocycles. The van der Waals surface area contributed by atoms with E-state index in [0.717, 1.165) is 65.8 Å². The van der Waals surface area contributed by atoms with Crippen molar-refractivity contribution in [3.63, 3.8) is 0 Å². The van der Waals surface area contributed by atoms with Crippen molar-refractivity contribution in [2.45, 2.75) is 91.6 Å². The van der Waals surface area contributed by atoms with Crippen LogP contribution >= 0.6 is 0 Å². The van der Waals surface area contributed by atoms with Crippen LogP contribution < -0.4 is 16.0 Å². The van der Waals surface area contributed by atoms with Crippen LogP contribution in [0, 0.1) is 6.92 Å². The van der Waals surface area contributed by atoms with Gasteiger partial charge in [0, 0.05) is 94.1 Å². The maximum absolute atomic E-state index is 12.4. The van der Waals surface area contributed by atoms with Crippen LogP contribution in [0.1, 0.15) is 131 Å². The van der Waals surface area contributed by atoms with Gasteiger partial charge in [0.15, 0.2) is 0 Å². The highest BCUT2D eigenvalue weighted by Gasteiger charge is 2.26. The summed E-state index contributed by atoms with van der Waals surface area (Å²) in [7, 11) is 4.03. The highest BCUT2D eigenvalue weighted by atomic mass is 16.6. The second kappa shape index (κ2) is 51.3. The van der Waals surface area contributed by atoms with Crippen LogP contribution in [-0.4, -0.2) is 261 Å². The van der Waals surface area contributed by atoms with E-state index in [9.17, 15) is 24.0 Å². The van der Waals surface area contributed by atoms with E-state index in [4.69, 9.17) is 76.2 Å². The van der Waals surface area contributed by atoms with E-state index >= 15 is 0 Å². The number of amides is 2. The van der Waals surface area contributed by atoms with Gasteiger partial charge in [0.1, 0.15) is 28.3 Å². The molecule has 109 heavy (non-hydrogen) atoms. The lowest BCUT2D eigenvalue weighted by Crippen LogP contribution is -2.36. The summed E-state index contributed by atoms with van der Waals surface area (Å²) in [6, 6.07) is 37.0. The Morgan fingerprint density at radius 3 is 1.16 bits per heavy atom. The van der Waals surface area contributed by atoms with E-state index in [1.54, 1.807) is 42.5 Å². The first kappa shape index (κ1) is 90.5. The molecule has 6 heterocycles. The average Bonchev–Trinajstić information content (AvgIpc) is 0.818. The molecule has 2 fully saturated rings. The zero-order valence-corrected chi connectivity index (χ0v) is 64.9. The van der Waals surface area contributed by atoms with Gasteiger partial charge in [-0.05, 0) is 132 Å². The van der Waals surface area contributed by atoms with Crippen molar-refractivity contribution in [2.24, 2.45) is 0 Å². The van der Waals surface area contributed by atoms with Gasteiger partial charge in [-0.3, -0.25) is 30.3 Å². The standard InChI is InChI=1S/C38H53N5O8.C20H33N3O6.C20H24N2O4.CO2/c1-29-8-6-10-33(39-29)35(30-12-14-31(15-13-30)41-37(45)51-38(2,3)4)43-18-22-49-26-24-47-20-16-42(17-21-48-25-27-50-23-19-43)28-32-9-7-11-34(40-32)36(44)46-5;1-25-20(24)19-4-2-3-18(22-19)17-23-7-11-28-15-13-26-9-5-21-6-10-27-14-16-29-12-8-23;1-13(16-7-6-8-17(22-16)18(23)25-5)14-9-11-15(12-10-14)21-19(24)26-20(2,3)4;2-1-3/h6-15,35H,16-28H2,1-5H3,(H,41,45);2-4,21H,5-17H2,1H3;6-13H,1-5H3,(H,21,24);. The Labute approximate surface area is 639 Å². The third-order valence-corrected chi connectivity index (χ3v) is 15.9. The van der Waals surface area contributed by atoms with Crippen molar-refractivity contribution >= 4 is 47.6 Å². The van der Waals surface area contributed by atoms with Gasteiger partial charge in [-0.1, -0.05) is 55.5 Å². The van der Waals surface area contributed by atoms with E-state index < -0.39 is 41.3 Å². The van der Waals surface area contributed by atoms with Crippen molar-refractivity contribution in [3.05, 3.63) is 178 Å². The minimum atomic E-state index is -0.591. The predicted octanol–water partition coefficient (Wildman–Crippen LogP) is 9.02. The average molecular weight is 1520 g/mol. The van der Waals surface area contributed by atoms with Gasteiger partial charge in [0.2, 0.25) is 0 Å². The normalized spacial score (nSPS) is 16.4. The first-order valence-corrected chi connectivity index (χ1v) is 36.3. The Bertz CT molecular complexity index is 3610. The molecule has 596 valence electrons. The Morgan fingerprint density at radius 2 is 0.780 bits per heavy atom. The van der Waals surface area contributed by atoms with E-state index in [1.165, 1.54) is 21.3 Å². The summed E-state index contributed by atoms with van der Waals surface area (Å²) in [6.45, 7) is 30.2. The topological polar surface area (TPSA) is 337 Å². The second-order valence-electron chi connectivity index (χ2n) is 26.6. The van der Waals surface area contributed by atoms with Gasteiger partial charge < -0.3 is 66.9 Å². The van der Waals surface area contributed by atoms with Gasteiger partial charge >= 0.3 is 36.2 Å². The minimum Gasteiger partial charge on any atom is -0.464 e. The van der Waals surface area contributed by atoms with Gasteiger partial charge in [-0.15, -0.1) is 0 Å². The Morgan fingerprint density at radius 1 is 0.440 bits per heavy atom. The lowest BCUT2D eigenvalue weighted by atomic mass is 9.97. The molecule has 6 aromatic rings. The zero-order chi connectivity index (χ0) is 79.1. The van der Waals surface area contributed by atoms with E-state index in [0.29, 0.717) is 162 Å². The molecule has 0 radical (unpaired) electrons. The van der Waals surface area contributed by atoms with Gasteiger partial charge in [0.05, 0.1) is 150 Å². The summed E-state index contributed by atoms with van der Waals surface area (Å²) in [5.41, 5.74) is 7.21. The van der Waals surface area contributed by atoms with Gasteiger partial charge in [-0.2, -0.15) is 9.59 Å². The predicted molar refractivity (Wildman–Crippen MR) is 404 cm³/mol. The molecule has 2 aliphatic rings. The van der Waals surface area contributed by atoms with Gasteiger partial charge in [0.25, 0.3) is 0 Å². The number of pyridine rings is 4. The number of ether oxygens (including phenoxy) is 13. The number of hydrogen-bond donors (Lipinski definition) is 3. The third kappa shape index (κ3) is 37.7. The zero-order valence-electron chi connectivity index (χ0n) is 64.9. The summed E-state index contributed by atoms with van der Waals surface area (Å²) in [5.74, 6) is -1.38. The molecule has 2 atom stereocenters. The number of nitrogens with one attached hydrogen (secondary N) is 3. The fourth-order valence-electron chi connectivity index (χ4n) is 10.6. The third-order valence-electron chi connectivity index (χ3n) is 15.9. The van der Waals surface area contributed by atoms with Gasteiger partial charge in [-0.25, -0.2) is 38.9 Å². The molecule has 2 aliphatic heterocycles. The quantitative estimate of drug-likeness (QED) is 0.0676. The summed E-state index contributed by atoms with van der Waals surface area (Å²) >= 11 is 0. The molecule has 0 spiro atoms. The largest absolute Gasteiger partial charge is 0.464 e. The number of methoxy groups -OCH3 is 3. The van der Waals surface area contributed by atoms with Crippen LogP contribution in [0.4, 0.5) is 21.0 Å². The minimum absolute atomic E-state index is 0.0183. The fraction of sp³-hybridized carbons (Fsp3) is 0.519. The number of anilines is 2. The first-order chi connectivity index (χ1) is 52.5. The first-order valence-electron chi connectivity index (χ1n) is 36.3. The highest BCUT2D eigenvalue weighted by molar-refractivity contribution is 5.88. The molecular weight excluding hydrogens is 1410 g/mol. The van der Waals surface area contributed by atoms with Crippen molar-refractivity contribution in [1.82, 2.24) is 40.0 Å². The number of nitrogens with zero attached hydrogens (tertiary/aromatic N) is 7. The molecule has 0 aliphatic carbocycles. The summed E-state index contributed by atoms with van der Waals surface area (Å²) in [5, 5.41) is 8.77. The molecule has 8 rings (SSSR count). The monoisotopic (exact) mass is 1520 g/mol. The Kier molecular flexibility index (Phi) is 42.6. The molecule has 0 saturated carbocycles. The highest BCUT2D eigenvalue weighted by Crippen LogP contribution is 2.30. The number of carbonyl (C=O) groups is 5. The molecular formula is C79H110N10O20. The molecule has 2 saturated heterocycles. The van der Waals surface area contributed by atoms with Crippen LogP contribution in [0.2, 0.25) is 0 Å². The van der Waals surface area contributed by atoms with E-state index in [2.05, 4.69) is 45.6 Å². The number of benzene rings is 2. The summed E-state index contributed by atoms with van der Waals surface area (Å²) in [6.07, 6.45) is -0.745. The fourth-order valence-corrected chi connectivity index (χ4v) is 10.6. The Balaban J connectivity index is 0.000000311. The van der Waals surface area contributed by atoms with Crippen molar-refractivity contribution in [2.75, 3.05) is 190 Å². The molecule has 0 bridgehead atoms. The van der Waals surface area contributed by atoms with Crippen LogP contribution in [0.15, 0.2) is 121 Å². The number of aromatic nitrogens is 4. The van der Waals surface area contributed by atoms with Crippen LogP contribution in [0.3, 0.4) is 0 Å². The SMILES string of the molecule is COC(=O)c1cccc(C(C)c2ccc(NC(=O)OC(C)(C)C)cc2)n1.COC(=O)c1cccc(CN2CCOCCOCCN(C(c3ccc(NC(=O)OC(C)(C)C)cc3)c3cccc(C)n3)CCOCCOCC2)n1.COC(=O)c1cccc(CN2CCOCCOCCNCCOCCOCC2)n1.O=C=O. The van der Waals surface area contributed by atoms with E-state index in [1.807, 2.05) is 134 Å². The van der Waals surface area contributed by atoms with E-state index in [-0.39, 0.29) is 29.5 Å². The maximum atomic E-state index is 12.4. The van der Waals surface area contributed by atoms with Crippen LogP contribution in [0.25, 0.3) is 0 Å². The molecule has 4 aromatic heterocycles. The Hall–Kier alpha value is -9.11. The number of rotatable bonds is 14. The van der Waals surface area contributed by atoms with Crippen molar-refractivity contribution in [1.29, 1.82) is 0 Å². The molecule has 3 N–H and O–H groups in total. The van der Waals surface area contributed by atoms with Crippen LogP contribution in [-0.2, 0) is 84.3 Å².